The zero-order chi connectivity index (χ0) is 41.4. The summed E-state index contributed by atoms with van der Waals surface area (Å²) in [7, 11) is -6.34. The van der Waals surface area contributed by atoms with E-state index in [0.717, 1.165) is 75.7 Å². The van der Waals surface area contributed by atoms with Gasteiger partial charge in [-0.3, -0.25) is 0 Å². The van der Waals surface area contributed by atoms with Gasteiger partial charge in [0, 0.05) is 42.8 Å². The highest BCUT2D eigenvalue weighted by atomic mass is 31.2. The third-order valence-corrected chi connectivity index (χ3v) is 17.2. The second-order valence-corrected chi connectivity index (χ2v) is 20.9. The average molecular weight is 815 g/mol. The second kappa shape index (κ2) is 16.0. The minimum absolute atomic E-state index is 0.662. The standard InChI is InChI=1S/2C27H22NOP/c2*1-19-13-15-23-24-17-20(2)14-16-26(24)28-27(25(23)18-19)30(29,21-9-5-3-6-10-21)22-11-7-4-8-12-22/h2*3-18H,1-2H3. The molecule has 0 bridgehead atoms. The van der Waals surface area contributed by atoms with E-state index in [1.54, 1.807) is 0 Å². The molecule has 0 aliphatic rings. The fourth-order valence-corrected chi connectivity index (χ4v) is 13.7. The van der Waals surface area contributed by atoms with E-state index in [1.807, 2.05) is 133 Å². The van der Waals surface area contributed by atoms with Gasteiger partial charge in [-0.2, -0.15) is 0 Å². The van der Waals surface area contributed by atoms with Gasteiger partial charge >= 0.3 is 0 Å². The van der Waals surface area contributed by atoms with Crippen LogP contribution in [0.1, 0.15) is 22.3 Å². The van der Waals surface area contributed by atoms with Gasteiger partial charge in [0.05, 0.1) is 11.0 Å². The number of pyridine rings is 2. The van der Waals surface area contributed by atoms with Crippen molar-refractivity contribution in [3.63, 3.8) is 0 Å². The van der Waals surface area contributed by atoms with Gasteiger partial charge in [0.1, 0.15) is 10.9 Å². The predicted octanol–water partition coefficient (Wildman–Crippen LogP) is 11.3. The van der Waals surface area contributed by atoms with E-state index in [2.05, 4.69) is 88.4 Å². The molecule has 0 radical (unpaired) electrons. The van der Waals surface area contributed by atoms with Crippen molar-refractivity contribution in [1.29, 1.82) is 0 Å². The Balaban J connectivity index is 0.000000154. The molecule has 0 N–H and O–H groups in total. The first-order valence-electron chi connectivity index (χ1n) is 20.2. The molecule has 4 nitrogen and oxygen atoms in total. The summed E-state index contributed by atoms with van der Waals surface area (Å²) in [6.45, 7) is 8.32. The van der Waals surface area contributed by atoms with Crippen LogP contribution in [-0.4, -0.2) is 9.97 Å². The zero-order valence-electron chi connectivity index (χ0n) is 34.1. The Morgan fingerprint density at radius 1 is 0.300 bits per heavy atom. The Morgan fingerprint density at radius 2 is 0.567 bits per heavy atom. The van der Waals surface area contributed by atoms with Gasteiger partial charge in [-0.15, -0.1) is 0 Å². The Bertz CT molecular complexity index is 2990. The molecule has 10 rings (SSSR count). The summed E-state index contributed by atoms with van der Waals surface area (Å²) in [5.41, 5.74) is 7.71. The lowest BCUT2D eigenvalue weighted by Gasteiger charge is -2.22. The first-order chi connectivity index (χ1) is 29.1. The fraction of sp³-hybridized carbons (Fsp3) is 0.0741. The van der Waals surface area contributed by atoms with Crippen LogP contribution in [0.5, 0.6) is 0 Å². The van der Waals surface area contributed by atoms with Crippen LogP contribution in [0.3, 0.4) is 0 Å². The van der Waals surface area contributed by atoms with Crippen LogP contribution < -0.4 is 32.1 Å². The number of nitrogens with zero attached hydrogens (tertiary/aromatic N) is 2. The van der Waals surface area contributed by atoms with Gasteiger partial charge < -0.3 is 9.13 Å². The van der Waals surface area contributed by atoms with Crippen molar-refractivity contribution in [2.24, 2.45) is 0 Å². The second-order valence-electron chi connectivity index (χ2n) is 15.6. The van der Waals surface area contributed by atoms with Crippen molar-refractivity contribution >= 4 is 89.7 Å². The third kappa shape index (κ3) is 6.97. The summed E-state index contributed by atoms with van der Waals surface area (Å²) in [6.07, 6.45) is 0. The van der Waals surface area contributed by atoms with Gasteiger partial charge in [0.2, 0.25) is 0 Å². The predicted molar refractivity (Wildman–Crippen MR) is 256 cm³/mol. The van der Waals surface area contributed by atoms with Crippen LogP contribution in [0, 0.1) is 27.7 Å². The zero-order valence-corrected chi connectivity index (χ0v) is 35.9. The van der Waals surface area contributed by atoms with Crippen molar-refractivity contribution in [2.45, 2.75) is 27.7 Å². The van der Waals surface area contributed by atoms with E-state index < -0.39 is 14.3 Å². The molecule has 2 aromatic heterocycles. The van der Waals surface area contributed by atoms with Gasteiger partial charge in [-0.1, -0.05) is 180 Å². The first kappa shape index (κ1) is 39.0. The van der Waals surface area contributed by atoms with Crippen LogP contribution in [0.25, 0.3) is 43.4 Å². The van der Waals surface area contributed by atoms with Crippen LogP contribution in [0.4, 0.5) is 0 Å². The van der Waals surface area contributed by atoms with E-state index in [4.69, 9.17) is 9.97 Å². The Labute approximate surface area is 351 Å². The minimum atomic E-state index is -3.17. The SMILES string of the molecule is Cc1ccc2c(c1)c(P(=O)(c1ccccc1)c1ccccc1)nc1ccc(C)cc12.Cc1ccc2c(c1)c(P(=O)(c1ccccc1)c1ccccc1)nc1ccc(C)cc12. The first-order valence-corrected chi connectivity index (χ1v) is 23.6. The lowest BCUT2D eigenvalue weighted by Crippen LogP contribution is -2.27. The lowest BCUT2D eigenvalue weighted by atomic mass is 10.0. The molecule has 10 aromatic rings. The maximum absolute atomic E-state index is 15.0. The molecule has 6 heteroatoms. The summed E-state index contributed by atoms with van der Waals surface area (Å²) in [4.78, 5) is 10.1. The Kier molecular flexibility index (Phi) is 10.4. The number of rotatable bonds is 6. The molecule has 0 atom stereocenters. The molecule has 0 aliphatic carbocycles. The lowest BCUT2D eigenvalue weighted by molar-refractivity contribution is 0.591. The molecule has 60 heavy (non-hydrogen) atoms. The summed E-state index contributed by atoms with van der Waals surface area (Å²) < 4.78 is 30.0. The normalized spacial score (nSPS) is 11.8. The maximum Gasteiger partial charge on any atom is 0.189 e. The molecule has 292 valence electrons. The Hall–Kier alpha value is -6.44. The minimum Gasteiger partial charge on any atom is -0.307 e. The van der Waals surface area contributed by atoms with Crippen LogP contribution in [0.15, 0.2) is 194 Å². The molecular weight excluding hydrogens is 771 g/mol. The van der Waals surface area contributed by atoms with E-state index in [-0.39, 0.29) is 0 Å². The summed E-state index contributed by atoms with van der Waals surface area (Å²) in [5.74, 6) is 0. The smallest absolute Gasteiger partial charge is 0.189 e. The molecule has 0 aliphatic heterocycles. The van der Waals surface area contributed by atoms with Gasteiger partial charge in [-0.05, 0) is 74.9 Å². The highest BCUT2D eigenvalue weighted by Gasteiger charge is 2.35. The van der Waals surface area contributed by atoms with E-state index >= 15 is 0 Å². The molecule has 2 heterocycles. The number of fused-ring (bicyclic) bond motifs is 6. The van der Waals surface area contributed by atoms with Crippen LogP contribution in [-0.2, 0) is 9.13 Å². The largest absolute Gasteiger partial charge is 0.307 e. The van der Waals surface area contributed by atoms with Crippen molar-refractivity contribution in [1.82, 2.24) is 9.97 Å². The quantitative estimate of drug-likeness (QED) is 0.124. The van der Waals surface area contributed by atoms with Gasteiger partial charge in [0.25, 0.3) is 0 Å². The summed E-state index contributed by atoms with van der Waals surface area (Å²) in [5, 5.41) is 9.52. The number of hydrogen-bond acceptors (Lipinski definition) is 4. The molecule has 0 fully saturated rings. The van der Waals surface area contributed by atoms with Crippen LogP contribution in [0.2, 0.25) is 0 Å². The molecule has 0 spiro atoms. The molecular formula is C54H44N2O2P2. The van der Waals surface area contributed by atoms with Crippen molar-refractivity contribution in [3.8, 4) is 0 Å². The van der Waals surface area contributed by atoms with Crippen molar-refractivity contribution < 1.29 is 9.13 Å². The third-order valence-electron chi connectivity index (χ3n) is 11.2. The number of aryl methyl sites for hydroxylation is 4. The van der Waals surface area contributed by atoms with Gasteiger partial charge in [0.15, 0.2) is 14.3 Å². The topological polar surface area (TPSA) is 59.9 Å². The monoisotopic (exact) mass is 814 g/mol. The summed E-state index contributed by atoms with van der Waals surface area (Å²) in [6, 6.07) is 64.3. The van der Waals surface area contributed by atoms with E-state index in [1.165, 1.54) is 11.1 Å². The van der Waals surface area contributed by atoms with Gasteiger partial charge in [-0.25, -0.2) is 9.97 Å². The average Bonchev–Trinajstić information content (AvgIpc) is 3.29. The van der Waals surface area contributed by atoms with Crippen molar-refractivity contribution in [2.75, 3.05) is 0 Å². The van der Waals surface area contributed by atoms with E-state index in [0.29, 0.717) is 10.9 Å². The molecule has 0 saturated heterocycles. The fourth-order valence-electron chi connectivity index (χ4n) is 8.25. The highest BCUT2D eigenvalue weighted by Crippen LogP contribution is 2.46. The molecule has 0 unspecified atom stereocenters. The number of benzene rings is 8. The summed E-state index contributed by atoms with van der Waals surface area (Å²) >= 11 is 0. The number of hydrogen-bond donors (Lipinski definition) is 0. The number of aromatic nitrogens is 2. The highest BCUT2D eigenvalue weighted by molar-refractivity contribution is 7.86. The molecule has 8 aromatic carbocycles. The molecule has 0 saturated carbocycles. The maximum atomic E-state index is 15.0. The Morgan fingerprint density at radius 3 is 0.867 bits per heavy atom. The van der Waals surface area contributed by atoms with E-state index in [9.17, 15) is 9.13 Å². The van der Waals surface area contributed by atoms with Crippen molar-refractivity contribution in [3.05, 3.63) is 216 Å². The molecule has 0 amide bonds. The van der Waals surface area contributed by atoms with Crippen LogP contribution >= 0.6 is 14.3 Å².